The molecule has 0 unspecified atom stereocenters. The molecule has 28 heavy (non-hydrogen) atoms. The number of furan rings is 1. The van der Waals surface area contributed by atoms with Crippen LogP contribution in [-0.4, -0.2) is 31.8 Å². The molecule has 0 N–H and O–H groups in total. The molecule has 9 heteroatoms. The van der Waals surface area contributed by atoms with Crippen LogP contribution >= 0.6 is 0 Å². The lowest BCUT2D eigenvalue weighted by Gasteiger charge is -2.16. The first kappa shape index (κ1) is 18.1. The van der Waals surface area contributed by atoms with Gasteiger partial charge in [0, 0.05) is 5.56 Å². The van der Waals surface area contributed by atoms with Crippen LogP contribution in [0, 0.1) is 5.82 Å². The Morgan fingerprint density at radius 1 is 1.04 bits per heavy atom. The summed E-state index contributed by atoms with van der Waals surface area (Å²) in [6.07, 6.45) is 2.48. The average molecular weight is 383 g/mol. The van der Waals surface area contributed by atoms with Crippen molar-refractivity contribution in [1.29, 1.82) is 0 Å². The first-order chi connectivity index (χ1) is 13.7. The third-order valence-corrected chi connectivity index (χ3v) is 4.03. The zero-order chi connectivity index (χ0) is 19.3. The molecule has 0 spiro atoms. The summed E-state index contributed by atoms with van der Waals surface area (Å²) in [7, 11) is 0. The smallest absolute Gasteiger partial charge is 0.283 e. The molecule has 3 aromatic heterocycles. The SMILES string of the molecule is CCCN(Cc1nc(-c2ccc(F)cc2)no1)Cc1nnc(-c2ccco2)o1. The van der Waals surface area contributed by atoms with Gasteiger partial charge in [-0.25, -0.2) is 4.39 Å². The van der Waals surface area contributed by atoms with E-state index in [9.17, 15) is 4.39 Å². The molecule has 0 bridgehead atoms. The van der Waals surface area contributed by atoms with Gasteiger partial charge in [0.1, 0.15) is 5.82 Å². The highest BCUT2D eigenvalue weighted by Crippen LogP contribution is 2.20. The van der Waals surface area contributed by atoms with E-state index in [-0.39, 0.29) is 5.82 Å². The van der Waals surface area contributed by atoms with Crippen molar-refractivity contribution in [2.75, 3.05) is 6.54 Å². The van der Waals surface area contributed by atoms with E-state index in [4.69, 9.17) is 13.4 Å². The van der Waals surface area contributed by atoms with Crippen LogP contribution < -0.4 is 0 Å². The molecule has 8 nitrogen and oxygen atoms in total. The Hall–Kier alpha value is -3.33. The lowest BCUT2D eigenvalue weighted by molar-refractivity contribution is 0.201. The fourth-order valence-electron chi connectivity index (χ4n) is 2.77. The van der Waals surface area contributed by atoms with Crippen LogP contribution in [0.5, 0.6) is 0 Å². The number of rotatable bonds is 8. The average Bonchev–Trinajstić information content (AvgIpc) is 3.44. The van der Waals surface area contributed by atoms with E-state index < -0.39 is 0 Å². The third-order valence-electron chi connectivity index (χ3n) is 4.03. The van der Waals surface area contributed by atoms with Crippen molar-refractivity contribution in [3.8, 4) is 23.0 Å². The Bertz CT molecular complexity index is 1010. The van der Waals surface area contributed by atoms with Gasteiger partial charge in [-0.15, -0.1) is 10.2 Å². The van der Waals surface area contributed by atoms with E-state index in [1.54, 1.807) is 30.5 Å². The Balaban J connectivity index is 1.44. The van der Waals surface area contributed by atoms with Crippen molar-refractivity contribution in [2.24, 2.45) is 0 Å². The Labute approximate surface area is 160 Å². The van der Waals surface area contributed by atoms with Gasteiger partial charge in [0.15, 0.2) is 5.76 Å². The number of hydrogen-bond acceptors (Lipinski definition) is 8. The highest BCUT2D eigenvalue weighted by atomic mass is 19.1. The van der Waals surface area contributed by atoms with Crippen molar-refractivity contribution in [1.82, 2.24) is 25.2 Å². The van der Waals surface area contributed by atoms with E-state index in [2.05, 4.69) is 32.2 Å². The highest BCUT2D eigenvalue weighted by molar-refractivity contribution is 5.53. The zero-order valence-corrected chi connectivity index (χ0v) is 15.2. The van der Waals surface area contributed by atoms with Crippen LogP contribution in [0.4, 0.5) is 4.39 Å². The number of benzene rings is 1. The van der Waals surface area contributed by atoms with Crippen LogP contribution in [0.2, 0.25) is 0 Å². The predicted octanol–water partition coefficient (Wildman–Crippen LogP) is 3.93. The normalized spacial score (nSPS) is 11.4. The fourth-order valence-corrected chi connectivity index (χ4v) is 2.77. The molecule has 144 valence electrons. The molecule has 0 saturated heterocycles. The fraction of sp³-hybridized carbons (Fsp3) is 0.263. The molecular formula is C19H18FN5O3. The van der Waals surface area contributed by atoms with Gasteiger partial charge in [0.05, 0.1) is 19.4 Å². The lowest BCUT2D eigenvalue weighted by atomic mass is 10.2. The van der Waals surface area contributed by atoms with Crippen molar-refractivity contribution in [3.63, 3.8) is 0 Å². The van der Waals surface area contributed by atoms with Gasteiger partial charge in [-0.05, 0) is 49.4 Å². The van der Waals surface area contributed by atoms with Gasteiger partial charge in [0.25, 0.3) is 5.89 Å². The number of aromatic nitrogens is 4. The van der Waals surface area contributed by atoms with Gasteiger partial charge in [-0.3, -0.25) is 4.90 Å². The van der Waals surface area contributed by atoms with Crippen molar-refractivity contribution in [2.45, 2.75) is 26.4 Å². The first-order valence-electron chi connectivity index (χ1n) is 8.88. The number of halogens is 1. The maximum absolute atomic E-state index is 13.1. The third kappa shape index (κ3) is 4.15. The quantitative estimate of drug-likeness (QED) is 0.452. The second-order valence-electron chi connectivity index (χ2n) is 6.21. The maximum atomic E-state index is 13.1. The molecule has 1 aromatic carbocycles. The van der Waals surface area contributed by atoms with Crippen molar-refractivity contribution in [3.05, 3.63) is 60.3 Å². The van der Waals surface area contributed by atoms with E-state index >= 15 is 0 Å². The van der Waals surface area contributed by atoms with Crippen LogP contribution in [0.3, 0.4) is 0 Å². The maximum Gasteiger partial charge on any atom is 0.283 e. The largest absolute Gasteiger partial charge is 0.459 e. The Morgan fingerprint density at radius 3 is 2.61 bits per heavy atom. The number of hydrogen-bond donors (Lipinski definition) is 0. The summed E-state index contributed by atoms with van der Waals surface area (Å²) in [4.78, 5) is 6.47. The van der Waals surface area contributed by atoms with Gasteiger partial charge in [-0.1, -0.05) is 12.1 Å². The molecule has 4 rings (SSSR count). The Kier molecular flexibility index (Phi) is 5.24. The summed E-state index contributed by atoms with van der Waals surface area (Å²) < 4.78 is 29.4. The molecule has 0 aliphatic carbocycles. The molecule has 0 aliphatic rings. The summed E-state index contributed by atoms with van der Waals surface area (Å²) in [6, 6.07) is 9.47. The lowest BCUT2D eigenvalue weighted by Crippen LogP contribution is -2.24. The summed E-state index contributed by atoms with van der Waals surface area (Å²) in [5, 5.41) is 12.1. The molecule has 0 fully saturated rings. The van der Waals surface area contributed by atoms with E-state index in [1.807, 2.05) is 0 Å². The molecule has 0 radical (unpaired) electrons. The monoisotopic (exact) mass is 383 g/mol. The van der Waals surface area contributed by atoms with E-state index in [0.717, 1.165) is 13.0 Å². The van der Waals surface area contributed by atoms with Gasteiger partial charge in [0.2, 0.25) is 17.6 Å². The van der Waals surface area contributed by atoms with E-state index in [0.29, 0.717) is 47.9 Å². The summed E-state index contributed by atoms with van der Waals surface area (Å²) >= 11 is 0. The molecular weight excluding hydrogens is 365 g/mol. The van der Waals surface area contributed by atoms with E-state index in [1.165, 1.54) is 12.1 Å². The second kappa shape index (κ2) is 8.13. The standard InChI is InChI=1S/C19H18FN5O3/c1-2-9-25(12-17-22-23-19(27-17)15-4-3-10-26-15)11-16-21-18(24-28-16)13-5-7-14(20)8-6-13/h3-8,10H,2,9,11-12H2,1H3. The van der Waals surface area contributed by atoms with Crippen LogP contribution in [-0.2, 0) is 13.1 Å². The molecule has 3 heterocycles. The topological polar surface area (TPSA) is 94.2 Å². The number of nitrogens with zero attached hydrogens (tertiary/aromatic N) is 5. The second-order valence-corrected chi connectivity index (χ2v) is 6.21. The molecule has 4 aromatic rings. The summed E-state index contributed by atoms with van der Waals surface area (Å²) in [6.45, 7) is 3.73. The predicted molar refractivity (Wildman–Crippen MR) is 96.1 cm³/mol. The van der Waals surface area contributed by atoms with Crippen LogP contribution in [0.25, 0.3) is 23.0 Å². The molecule has 0 amide bonds. The molecule has 0 atom stereocenters. The minimum Gasteiger partial charge on any atom is -0.459 e. The van der Waals surface area contributed by atoms with Crippen molar-refractivity contribution >= 4 is 0 Å². The Morgan fingerprint density at radius 2 is 1.86 bits per heavy atom. The zero-order valence-electron chi connectivity index (χ0n) is 15.2. The summed E-state index contributed by atoms with van der Waals surface area (Å²) in [5.74, 6) is 1.91. The first-order valence-corrected chi connectivity index (χ1v) is 8.88. The molecule has 0 saturated carbocycles. The van der Waals surface area contributed by atoms with Crippen molar-refractivity contribution < 1.29 is 17.7 Å². The molecule has 0 aliphatic heterocycles. The van der Waals surface area contributed by atoms with Gasteiger partial charge < -0.3 is 13.4 Å². The van der Waals surface area contributed by atoms with Gasteiger partial charge >= 0.3 is 0 Å². The van der Waals surface area contributed by atoms with Crippen LogP contribution in [0.1, 0.15) is 25.1 Å². The van der Waals surface area contributed by atoms with Crippen LogP contribution in [0.15, 0.2) is 56.0 Å². The summed E-state index contributed by atoms with van der Waals surface area (Å²) in [5.41, 5.74) is 0.693. The minimum atomic E-state index is -0.310. The van der Waals surface area contributed by atoms with Gasteiger partial charge in [-0.2, -0.15) is 4.98 Å². The minimum absolute atomic E-state index is 0.310. The highest BCUT2D eigenvalue weighted by Gasteiger charge is 2.17.